The molecule has 9 heteroatoms. The zero-order valence-electron chi connectivity index (χ0n) is 33.8. The maximum Gasteiger partial charge on any atom is 0.472 e. The van der Waals surface area contributed by atoms with Crippen molar-refractivity contribution in [3.05, 3.63) is 36.5 Å². The fourth-order valence-electron chi connectivity index (χ4n) is 5.40. The van der Waals surface area contributed by atoms with Gasteiger partial charge < -0.3 is 18.9 Å². The summed E-state index contributed by atoms with van der Waals surface area (Å²) in [5.74, 6) is -0.330. The van der Waals surface area contributed by atoms with E-state index >= 15 is 0 Å². The van der Waals surface area contributed by atoms with E-state index in [0.717, 1.165) is 57.8 Å². The van der Waals surface area contributed by atoms with E-state index in [4.69, 9.17) is 18.5 Å². The lowest BCUT2D eigenvalue weighted by atomic mass is 10.1. The first-order valence-electron chi connectivity index (χ1n) is 20.7. The molecule has 0 saturated carbocycles. The van der Waals surface area contributed by atoms with Crippen molar-refractivity contribution in [2.45, 2.75) is 174 Å². The normalized spacial score (nSPS) is 14.2. The van der Waals surface area contributed by atoms with E-state index in [2.05, 4.69) is 50.3 Å². The van der Waals surface area contributed by atoms with Gasteiger partial charge in [0.1, 0.15) is 19.3 Å². The third-order valence-corrected chi connectivity index (χ3v) is 9.66. The molecule has 0 amide bonds. The molecule has 0 aliphatic heterocycles. The summed E-state index contributed by atoms with van der Waals surface area (Å²) in [4.78, 5) is 22.8. The van der Waals surface area contributed by atoms with Gasteiger partial charge in [-0.3, -0.25) is 13.8 Å². The number of carbonyl (C=O) groups excluding carboxylic acids is 1. The second kappa shape index (κ2) is 35.7. The van der Waals surface area contributed by atoms with Crippen molar-refractivity contribution in [3.63, 3.8) is 0 Å². The Morgan fingerprint density at radius 1 is 0.608 bits per heavy atom. The Hall–Kier alpha value is -1.28. The van der Waals surface area contributed by atoms with Crippen LogP contribution in [0.5, 0.6) is 0 Å². The maximum atomic E-state index is 12.7. The average Bonchev–Trinajstić information content (AvgIpc) is 3.08. The highest BCUT2D eigenvalue weighted by molar-refractivity contribution is 7.47. The number of carbonyl (C=O) groups is 1. The lowest BCUT2D eigenvalue weighted by molar-refractivity contribution is -0.870. The first kappa shape index (κ1) is 49.7. The van der Waals surface area contributed by atoms with Crippen LogP contribution in [0.2, 0.25) is 0 Å². The first-order chi connectivity index (χ1) is 24.6. The molecule has 8 nitrogen and oxygen atoms in total. The minimum Gasteiger partial charge on any atom is -0.457 e. The zero-order valence-corrected chi connectivity index (χ0v) is 34.7. The van der Waals surface area contributed by atoms with Crippen LogP contribution in [0.15, 0.2) is 36.5 Å². The number of hydrogen-bond acceptors (Lipinski definition) is 6. The SMILES string of the molecule is CCCCC/C=C\CCCCCCCCOCC(COP(=O)(O)OCC[N+](C)(C)C)OC(=O)CCCCCCC/C=C\C/C=C\CCCCCC. The number of unbranched alkanes of at least 4 members (excludes halogenated alkanes) is 18. The van der Waals surface area contributed by atoms with Crippen LogP contribution in [-0.4, -0.2) is 75.6 Å². The van der Waals surface area contributed by atoms with Gasteiger partial charge in [0.25, 0.3) is 0 Å². The molecular formula is C42H81NO7P+. The molecule has 0 bridgehead atoms. The van der Waals surface area contributed by atoms with Crippen LogP contribution >= 0.6 is 7.82 Å². The van der Waals surface area contributed by atoms with Crippen molar-refractivity contribution >= 4 is 13.8 Å². The van der Waals surface area contributed by atoms with Gasteiger partial charge in [0.05, 0.1) is 34.4 Å². The summed E-state index contributed by atoms with van der Waals surface area (Å²) in [6.07, 6.45) is 40.2. The summed E-state index contributed by atoms with van der Waals surface area (Å²) in [7, 11) is 1.65. The highest BCUT2D eigenvalue weighted by Gasteiger charge is 2.26. The van der Waals surface area contributed by atoms with E-state index in [1.54, 1.807) is 0 Å². The number of esters is 1. The van der Waals surface area contributed by atoms with Gasteiger partial charge in [-0.1, -0.05) is 127 Å². The minimum absolute atomic E-state index is 0.0842. The van der Waals surface area contributed by atoms with Crippen molar-refractivity contribution in [1.29, 1.82) is 0 Å². The van der Waals surface area contributed by atoms with Gasteiger partial charge in [0, 0.05) is 13.0 Å². The topological polar surface area (TPSA) is 91.3 Å². The zero-order chi connectivity index (χ0) is 37.7. The van der Waals surface area contributed by atoms with E-state index in [1.807, 2.05) is 21.1 Å². The molecule has 0 aromatic rings. The first-order valence-corrected chi connectivity index (χ1v) is 22.2. The van der Waals surface area contributed by atoms with Crippen LogP contribution in [0.1, 0.15) is 168 Å². The third kappa shape index (κ3) is 39.8. The van der Waals surface area contributed by atoms with Crippen LogP contribution in [0.4, 0.5) is 0 Å². The molecule has 51 heavy (non-hydrogen) atoms. The second-order valence-electron chi connectivity index (χ2n) is 15.0. The molecule has 0 heterocycles. The number of hydrogen-bond donors (Lipinski definition) is 1. The summed E-state index contributed by atoms with van der Waals surface area (Å²) in [5, 5.41) is 0. The van der Waals surface area contributed by atoms with Crippen LogP contribution in [0.3, 0.4) is 0 Å². The molecule has 0 rings (SSSR count). The molecule has 2 atom stereocenters. The van der Waals surface area contributed by atoms with E-state index in [1.165, 1.54) is 89.9 Å². The predicted molar refractivity (Wildman–Crippen MR) is 215 cm³/mol. The monoisotopic (exact) mass is 743 g/mol. The molecule has 1 N–H and O–H groups in total. The van der Waals surface area contributed by atoms with E-state index in [0.29, 0.717) is 24.1 Å². The molecule has 0 aliphatic carbocycles. The number of phosphoric acid groups is 1. The Morgan fingerprint density at radius 3 is 1.65 bits per heavy atom. The quantitative estimate of drug-likeness (QED) is 0.0221. The van der Waals surface area contributed by atoms with Crippen molar-refractivity contribution in [2.75, 3.05) is 54.1 Å². The maximum absolute atomic E-state index is 12.7. The van der Waals surface area contributed by atoms with Gasteiger partial charge in [0.15, 0.2) is 0 Å². The fourth-order valence-corrected chi connectivity index (χ4v) is 6.14. The van der Waals surface area contributed by atoms with Crippen LogP contribution in [0.25, 0.3) is 0 Å². The predicted octanol–water partition coefficient (Wildman–Crippen LogP) is 11.8. The molecule has 0 fully saturated rings. The smallest absolute Gasteiger partial charge is 0.457 e. The van der Waals surface area contributed by atoms with Crippen LogP contribution in [-0.2, 0) is 27.9 Å². The van der Waals surface area contributed by atoms with E-state index < -0.39 is 13.9 Å². The number of likely N-dealkylation sites (N-methyl/N-ethyl adjacent to an activating group) is 1. The third-order valence-electron chi connectivity index (χ3n) is 8.67. The van der Waals surface area contributed by atoms with E-state index in [-0.39, 0.29) is 25.8 Å². The Morgan fingerprint density at radius 2 is 1.08 bits per heavy atom. The molecular weight excluding hydrogens is 661 g/mol. The number of quaternary nitrogens is 1. The van der Waals surface area contributed by atoms with Gasteiger partial charge in [0.2, 0.25) is 0 Å². The molecule has 0 saturated heterocycles. The van der Waals surface area contributed by atoms with Crippen molar-refractivity contribution in [1.82, 2.24) is 0 Å². The summed E-state index contributed by atoms with van der Waals surface area (Å²) in [6, 6.07) is 0. The highest BCUT2D eigenvalue weighted by Crippen LogP contribution is 2.43. The molecule has 0 aromatic heterocycles. The second-order valence-corrected chi connectivity index (χ2v) is 16.5. The number of rotatable bonds is 38. The highest BCUT2D eigenvalue weighted by atomic mass is 31.2. The van der Waals surface area contributed by atoms with Crippen LogP contribution < -0.4 is 0 Å². The Labute approximate surface area is 315 Å². The fraction of sp³-hybridized carbons (Fsp3) is 0.833. The number of phosphoric ester groups is 1. The lowest BCUT2D eigenvalue weighted by Crippen LogP contribution is -2.37. The van der Waals surface area contributed by atoms with Gasteiger partial charge in [-0.2, -0.15) is 0 Å². The number of allylic oxidation sites excluding steroid dienone is 6. The van der Waals surface area contributed by atoms with Crippen molar-refractivity contribution < 1.29 is 37.3 Å². The molecule has 2 unspecified atom stereocenters. The molecule has 0 aromatic carbocycles. The van der Waals surface area contributed by atoms with Gasteiger partial charge in [-0.05, 0) is 70.6 Å². The van der Waals surface area contributed by atoms with E-state index in [9.17, 15) is 14.3 Å². The molecule has 0 radical (unpaired) electrons. The van der Waals surface area contributed by atoms with Crippen molar-refractivity contribution in [3.8, 4) is 0 Å². The van der Waals surface area contributed by atoms with Gasteiger partial charge >= 0.3 is 13.8 Å². The Kier molecular flexibility index (Phi) is 34.8. The summed E-state index contributed by atoms with van der Waals surface area (Å²) in [6.45, 7) is 5.55. The molecule has 300 valence electrons. The summed E-state index contributed by atoms with van der Waals surface area (Å²) >= 11 is 0. The van der Waals surface area contributed by atoms with Gasteiger partial charge in [-0.15, -0.1) is 0 Å². The van der Waals surface area contributed by atoms with Gasteiger partial charge in [-0.25, -0.2) is 4.57 Å². The standard InChI is InChI=1S/C42H80NO7P/c1-6-8-10-12-14-16-18-20-21-22-23-25-27-29-31-33-35-42(44)50-41(40-49-51(45,46)48-38-36-43(3,4)5)39-47-37-34-32-30-28-26-24-19-17-15-13-11-9-7-2/h15-18,21-22,41H,6-14,19-20,23-40H2,1-5H3/p+1/b17-15-,18-16-,22-21-. The summed E-state index contributed by atoms with van der Waals surface area (Å²) in [5.41, 5.74) is 0. The average molecular weight is 743 g/mol. The lowest BCUT2D eigenvalue weighted by Gasteiger charge is -2.24. The molecule has 0 aliphatic rings. The van der Waals surface area contributed by atoms with Crippen LogP contribution in [0, 0.1) is 0 Å². The largest absolute Gasteiger partial charge is 0.472 e. The number of nitrogens with zero attached hydrogens (tertiary/aromatic N) is 1. The molecule has 0 spiro atoms. The minimum atomic E-state index is -4.27. The van der Waals surface area contributed by atoms with Crippen molar-refractivity contribution in [2.24, 2.45) is 0 Å². The Bertz CT molecular complexity index is 915. The Balaban J connectivity index is 4.31. The summed E-state index contributed by atoms with van der Waals surface area (Å²) < 4.78 is 34.9. The number of ether oxygens (including phenoxy) is 2.